The van der Waals surface area contributed by atoms with Crippen LogP contribution in [0.4, 0.5) is 18.9 Å². The van der Waals surface area contributed by atoms with E-state index < -0.39 is 11.7 Å². The Balaban J connectivity index is 2.83. The van der Waals surface area contributed by atoms with Crippen LogP contribution in [-0.2, 0) is 10.9 Å². The van der Waals surface area contributed by atoms with Gasteiger partial charge in [0.1, 0.15) is 0 Å². The Labute approximate surface area is 112 Å². The zero-order chi connectivity index (χ0) is 14.7. The van der Waals surface area contributed by atoms with E-state index in [2.05, 4.69) is 5.32 Å². The number of anilines is 1. The molecule has 0 aliphatic rings. The standard InChI is InChI=1S/C14H20F3NO/c1-10(9-13(2,3)19-4)18-12-8-6-5-7-11(12)14(15,16)17/h5-8,10,18H,9H2,1-4H3. The Morgan fingerprint density at radius 3 is 2.32 bits per heavy atom. The molecule has 108 valence electrons. The quantitative estimate of drug-likeness (QED) is 0.864. The number of ether oxygens (including phenoxy) is 1. The summed E-state index contributed by atoms with van der Waals surface area (Å²) in [6, 6.07) is 5.37. The summed E-state index contributed by atoms with van der Waals surface area (Å²) in [5, 5.41) is 2.91. The first-order valence-corrected chi connectivity index (χ1v) is 6.13. The summed E-state index contributed by atoms with van der Waals surface area (Å²) < 4.78 is 43.8. The molecule has 1 aromatic rings. The minimum absolute atomic E-state index is 0.106. The molecule has 0 bridgehead atoms. The number of hydrogen-bond acceptors (Lipinski definition) is 2. The summed E-state index contributed by atoms with van der Waals surface area (Å²) in [5.41, 5.74) is -0.911. The van der Waals surface area contributed by atoms with Crippen molar-refractivity contribution in [2.24, 2.45) is 0 Å². The Morgan fingerprint density at radius 2 is 1.79 bits per heavy atom. The van der Waals surface area contributed by atoms with Crippen LogP contribution in [-0.4, -0.2) is 18.8 Å². The van der Waals surface area contributed by atoms with Crippen molar-refractivity contribution in [3.05, 3.63) is 29.8 Å². The van der Waals surface area contributed by atoms with Gasteiger partial charge >= 0.3 is 6.18 Å². The largest absolute Gasteiger partial charge is 0.418 e. The second-order valence-electron chi connectivity index (χ2n) is 5.26. The van der Waals surface area contributed by atoms with Gasteiger partial charge in [-0.3, -0.25) is 0 Å². The maximum absolute atomic E-state index is 12.8. The maximum atomic E-state index is 12.8. The Bertz CT molecular complexity index is 415. The van der Waals surface area contributed by atoms with E-state index in [0.29, 0.717) is 6.42 Å². The van der Waals surface area contributed by atoms with E-state index in [1.165, 1.54) is 12.1 Å². The van der Waals surface area contributed by atoms with Crippen molar-refractivity contribution < 1.29 is 17.9 Å². The van der Waals surface area contributed by atoms with Gasteiger partial charge in [-0.25, -0.2) is 0 Å². The van der Waals surface area contributed by atoms with E-state index in [4.69, 9.17) is 4.74 Å². The number of nitrogens with one attached hydrogen (secondary N) is 1. The number of halogens is 3. The van der Waals surface area contributed by atoms with Crippen LogP contribution in [0, 0.1) is 0 Å². The minimum Gasteiger partial charge on any atom is -0.382 e. The van der Waals surface area contributed by atoms with Crippen LogP contribution < -0.4 is 5.32 Å². The third-order valence-electron chi connectivity index (χ3n) is 2.98. The van der Waals surface area contributed by atoms with Crippen LogP contribution in [0.1, 0.15) is 32.8 Å². The fourth-order valence-electron chi connectivity index (χ4n) is 1.99. The molecule has 5 heteroatoms. The molecule has 2 nitrogen and oxygen atoms in total. The van der Waals surface area contributed by atoms with Gasteiger partial charge in [0.2, 0.25) is 0 Å². The molecule has 0 amide bonds. The highest BCUT2D eigenvalue weighted by Crippen LogP contribution is 2.35. The van der Waals surface area contributed by atoms with E-state index in [-0.39, 0.29) is 17.3 Å². The number of para-hydroxylation sites is 1. The van der Waals surface area contributed by atoms with Crippen molar-refractivity contribution in [2.75, 3.05) is 12.4 Å². The molecule has 1 aromatic carbocycles. The fourth-order valence-corrected chi connectivity index (χ4v) is 1.99. The summed E-state index contributed by atoms with van der Waals surface area (Å²) in [4.78, 5) is 0. The molecule has 0 aliphatic heterocycles. The molecule has 19 heavy (non-hydrogen) atoms. The first-order valence-electron chi connectivity index (χ1n) is 6.13. The average Bonchev–Trinajstić information content (AvgIpc) is 2.27. The van der Waals surface area contributed by atoms with E-state index in [1.54, 1.807) is 13.2 Å². The van der Waals surface area contributed by atoms with Crippen molar-refractivity contribution in [2.45, 2.75) is 45.0 Å². The van der Waals surface area contributed by atoms with Crippen molar-refractivity contribution in [1.82, 2.24) is 0 Å². The predicted molar refractivity (Wildman–Crippen MR) is 70.2 cm³/mol. The van der Waals surface area contributed by atoms with Crippen molar-refractivity contribution in [1.29, 1.82) is 0 Å². The lowest BCUT2D eigenvalue weighted by Crippen LogP contribution is -2.31. The van der Waals surface area contributed by atoms with Crippen LogP contribution in [0.2, 0.25) is 0 Å². The second kappa shape index (κ2) is 5.82. The predicted octanol–water partition coefficient (Wildman–Crippen LogP) is 4.32. The third kappa shape index (κ3) is 4.74. The number of hydrogen-bond donors (Lipinski definition) is 1. The Morgan fingerprint density at radius 1 is 1.21 bits per heavy atom. The van der Waals surface area contributed by atoms with Crippen LogP contribution >= 0.6 is 0 Å². The molecule has 1 atom stereocenters. The smallest absolute Gasteiger partial charge is 0.382 e. The molecular weight excluding hydrogens is 255 g/mol. The van der Waals surface area contributed by atoms with E-state index >= 15 is 0 Å². The lowest BCUT2D eigenvalue weighted by Gasteiger charge is -2.28. The van der Waals surface area contributed by atoms with Gasteiger partial charge in [0.15, 0.2) is 0 Å². The van der Waals surface area contributed by atoms with Crippen LogP contribution in [0.3, 0.4) is 0 Å². The molecule has 0 heterocycles. The van der Waals surface area contributed by atoms with Gasteiger partial charge in [0.25, 0.3) is 0 Å². The second-order valence-corrected chi connectivity index (χ2v) is 5.26. The molecule has 0 radical (unpaired) electrons. The summed E-state index contributed by atoms with van der Waals surface area (Å²) in [6.45, 7) is 5.65. The summed E-state index contributed by atoms with van der Waals surface area (Å²) in [5.74, 6) is 0. The first kappa shape index (κ1) is 15.8. The number of benzene rings is 1. The van der Waals surface area contributed by atoms with E-state index in [0.717, 1.165) is 6.07 Å². The van der Waals surface area contributed by atoms with Gasteiger partial charge in [0, 0.05) is 18.8 Å². The zero-order valence-corrected chi connectivity index (χ0v) is 11.6. The summed E-state index contributed by atoms with van der Waals surface area (Å²) >= 11 is 0. The molecular formula is C14H20F3NO. The maximum Gasteiger partial charge on any atom is 0.418 e. The van der Waals surface area contributed by atoms with Gasteiger partial charge in [-0.1, -0.05) is 12.1 Å². The van der Waals surface area contributed by atoms with Gasteiger partial charge in [-0.05, 0) is 39.3 Å². The molecule has 0 spiro atoms. The van der Waals surface area contributed by atoms with Crippen LogP contribution in [0.15, 0.2) is 24.3 Å². The monoisotopic (exact) mass is 275 g/mol. The topological polar surface area (TPSA) is 21.3 Å². The fraction of sp³-hybridized carbons (Fsp3) is 0.571. The SMILES string of the molecule is COC(C)(C)CC(C)Nc1ccccc1C(F)(F)F. The molecule has 1 N–H and O–H groups in total. The number of methoxy groups -OCH3 is 1. The highest BCUT2D eigenvalue weighted by Gasteiger charge is 2.33. The van der Waals surface area contributed by atoms with Crippen molar-refractivity contribution in [3.63, 3.8) is 0 Å². The zero-order valence-electron chi connectivity index (χ0n) is 11.6. The van der Waals surface area contributed by atoms with E-state index in [1.807, 2.05) is 20.8 Å². The van der Waals surface area contributed by atoms with Crippen molar-refractivity contribution >= 4 is 5.69 Å². The Kier molecular flexibility index (Phi) is 4.85. The molecule has 1 rings (SSSR count). The summed E-state index contributed by atoms with van der Waals surface area (Å²) in [6.07, 6.45) is -3.74. The molecule has 1 unspecified atom stereocenters. The van der Waals surface area contributed by atoms with Crippen LogP contribution in [0.25, 0.3) is 0 Å². The average molecular weight is 275 g/mol. The molecule has 0 saturated heterocycles. The van der Waals surface area contributed by atoms with Crippen molar-refractivity contribution in [3.8, 4) is 0 Å². The highest BCUT2D eigenvalue weighted by molar-refractivity contribution is 5.53. The molecule has 0 saturated carbocycles. The lowest BCUT2D eigenvalue weighted by molar-refractivity contribution is -0.137. The molecule has 0 fully saturated rings. The normalized spacial score (nSPS) is 14.3. The lowest BCUT2D eigenvalue weighted by atomic mass is 9.99. The van der Waals surface area contributed by atoms with Gasteiger partial charge in [-0.2, -0.15) is 13.2 Å². The number of rotatable bonds is 5. The van der Waals surface area contributed by atoms with Gasteiger partial charge < -0.3 is 10.1 Å². The van der Waals surface area contributed by atoms with Gasteiger partial charge in [-0.15, -0.1) is 0 Å². The van der Waals surface area contributed by atoms with Crippen LogP contribution in [0.5, 0.6) is 0 Å². The number of alkyl halides is 3. The third-order valence-corrected chi connectivity index (χ3v) is 2.98. The minimum atomic E-state index is -4.35. The van der Waals surface area contributed by atoms with E-state index in [9.17, 15) is 13.2 Å². The highest BCUT2D eigenvalue weighted by atomic mass is 19.4. The summed E-state index contributed by atoms with van der Waals surface area (Å²) in [7, 11) is 1.59. The molecule has 0 aromatic heterocycles. The first-order chi connectivity index (χ1) is 8.65. The molecule has 0 aliphatic carbocycles. The Hall–Kier alpha value is -1.23. The van der Waals surface area contributed by atoms with Gasteiger partial charge in [0.05, 0.1) is 11.2 Å².